The smallest absolute Gasteiger partial charge is 0.166 e. The lowest BCUT2D eigenvalue weighted by Crippen LogP contribution is -2.42. The van der Waals surface area contributed by atoms with E-state index < -0.39 is 0 Å². The van der Waals surface area contributed by atoms with Crippen LogP contribution in [-0.4, -0.2) is 29.0 Å². The Bertz CT molecular complexity index is 1060. The number of aliphatic imine (C=N–C) groups is 1. The third-order valence-corrected chi connectivity index (χ3v) is 6.03. The van der Waals surface area contributed by atoms with Crippen molar-refractivity contribution in [3.63, 3.8) is 0 Å². The molecule has 2 aliphatic heterocycles. The molecule has 0 saturated carbocycles. The predicted octanol–water partition coefficient (Wildman–Crippen LogP) is 5.51. The molecule has 3 aromatic rings. The summed E-state index contributed by atoms with van der Waals surface area (Å²) < 4.78 is 0. The first-order valence-corrected chi connectivity index (χ1v) is 10.0. The Labute approximate surface area is 163 Å². The highest BCUT2D eigenvalue weighted by molar-refractivity contribution is 8.14. The van der Waals surface area contributed by atoms with E-state index in [1.54, 1.807) is 0 Å². The summed E-state index contributed by atoms with van der Waals surface area (Å²) in [6, 6.07) is 25.6. The van der Waals surface area contributed by atoms with E-state index in [2.05, 4.69) is 66.7 Å². The molecule has 0 unspecified atom stereocenters. The molecule has 0 aromatic heterocycles. The highest BCUT2D eigenvalue weighted by Crippen LogP contribution is 2.38. The molecule has 0 amide bonds. The summed E-state index contributed by atoms with van der Waals surface area (Å²) in [4.78, 5) is 7.86. The van der Waals surface area contributed by atoms with Gasteiger partial charge in [-0.05, 0) is 40.8 Å². The molecule has 27 heavy (non-hydrogen) atoms. The van der Waals surface area contributed by atoms with Gasteiger partial charge in [-0.2, -0.15) is 0 Å². The Balaban J connectivity index is 1.63. The van der Waals surface area contributed by atoms with Gasteiger partial charge in [0.05, 0.1) is 0 Å². The fraction of sp³-hybridized carbons (Fsp3) is 0.130. The topological polar surface area (TPSA) is 39.5 Å². The summed E-state index contributed by atoms with van der Waals surface area (Å²) in [6.07, 6.45) is 1.02. The van der Waals surface area contributed by atoms with Crippen LogP contribution in [0.4, 0.5) is 0 Å². The highest BCUT2D eigenvalue weighted by atomic mass is 32.2. The van der Waals surface area contributed by atoms with Gasteiger partial charge in [-0.25, -0.2) is 0 Å². The van der Waals surface area contributed by atoms with Gasteiger partial charge in [0, 0.05) is 23.5 Å². The second-order valence-electron chi connectivity index (χ2n) is 6.74. The largest absolute Gasteiger partial charge is 0.305 e. The zero-order chi connectivity index (χ0) is 18.2. The quantitative estimate of drug-likeness (QED) is 0.646. The Morgan fingerprint density at radius 1 is 0.815 bits per heavy atom. The molecular formula is C23H19N3S. The zero-order valence-electron chi connectivity index (χ0n) is 14.9. The Hall–Kier alpha value is -2.85. The molecule has 4 heteroatoms. The maximum atomic E-state index is 8.40. The van der Waals surface area contributed by atoms with E-state index in [0.717, 1.165) is 35.8 Å². The van der Waals surface area contributed by atoms with Crippen molar-refractivity contribution in [3.05, 3.63) is 78.4 Å². The summed E-state index contributed by atoms with van der Waals surface area (Å²) in [5.41, 5.74) is 5.99. The van der Waals surface area contributed by atoms with Crippen molar-refractivity contribution in [2.24, 2.45) is 4.99 Å². The SMILES string of the molecule is N=C1Sc2cc(-c3ccccc3-c3ccccc3)ccc2C2=NCCCN12. The zero-order valence-corrected chi connectivity index (χ0v) is 15.7. The van der Waals surface area contributed by atoms with Crippen molar-refractivity contribution in [3.8, 4) is 22.3 Å². The third-order valence-electron chi connectivity index (χ3n) is 5.05. The average molecular weight is 369 g/mol. The van der Waals surface area contributed by atoms with E-state index in [0.29, 0.717) is 5.17 Å². The van der Waals surface area contributed by atoms with Crippen LogP contribution < -0.4 is 0 Å². The molecule has 0 saturated heterocycles. The summed E-state index contributed by atoms with van der Waals surface area (Å²) in [7, 11) is 0. The van der Waals surface area contributed by atoms with Crippen LogP contribution in [0.2, 0.25) is 0 Å². The lowest BCUT2D eigenvalue weighted by molar-refractivity contribution is 0.552. The van der Waals surface area contributed by atoms with Crippen molar-refractivity contribution >= 4 is 22.8 Å². The van der Waals surface area contributed by atoms with Crippen LogP contribution >= 0.6 is 11.8 Å². The highest BCUT2D eigenvalue weighted by Gasteiger charge is 2.29. The van der Waals surface area contributed by atoms with E-state index in [1.807, 2.05) is 11.0 Å². The van der Waals surface area contributed by atoms with Gasteiger partial charge in [0.2, 0.25) is 0 Å². The molecule has 3 aromatic carbocycles. The second kappa shape index (κ2) is 6.71. The third kappa shape index (κ3) is 2.86. The molecule has 0 fully saturated rings. The number of hydrogen-bond donors (Lipinski definition) is 1. The summed E-state index contributed by atoms with van der Waals surface area (Å²) in [6.45, 7) is 1.74. The molecule has 1 N–H and O–H groups in total. The molecule has 2 aliphatic rings. The number of hydrogen-bond acceptors (Lipinski definition) is 3. The number of fused-ring (bicyclic) bond motifs is 3. The van der Waals surface area contributed by atoms with Crippen molar-refractivity contribution in [1.82, 2.24) is 4.90 Å². The molecule has 3 nitrogen and oxygen atoms in total. The number of benzene rings is 3. The minimum Gasteiger partial charge on any atom is -0.305 e. The molecular weight excluding hydrogens is 350 g/mol. The molecule has 2 heterocycles. The molecule has 0 radical (unpaired) electrons. The normalized spacial score (nSPS) is 15.8. The van der Waals surface area contributed by atoms with Crippen LogP contribution in [0.1, 0.15) is 12.0 Å². The van der Waals surface area contributed by atoms with Crippen LogP contribution in [0, 0.1) is 5.41 Å². The molecule has 132 valence electrons. The molecule has 0 atom stereocenters. The van der Waals surface area contributed by atoms with Gasteiger partial charge >= 0.3 is 0 Å². The van der Waals surface area contributed by atoms with E-state index in [4.69, 9.17) is 10.4 Å². The van der Waals surface area contributed by atoms with Crippen LogP contribution in [0.3, 0.4) is 0 Å². The fourth-order valence-corrected chi connectivity index (χ4v) is 4.71. The Morgan fingerprint density at radius 3 is 2.37 bits per heavy atom. The van der Waals surface area contributed by atoms with Crippen molar-refractivity contribution < 1.29 is 0 Å². The van der Waals surface area contributed by atoms with Crippen LogP contribution in [0.25, 0.3) is 22.3 Å². The first-order chi connectivity index (χ1) is 13.3. The fourth-order valence-electron chi connectivity index (χ4n) is 3.76. The van der Waals surface area contributed by atoms with E-state index in [-0.39, 0.29) is 0 Å². The number of amidine groups is 2. The molecule has 0 bridgehead atoms. The maximum absolute atomic E-state index is 8.40. The van der Waals surface area contributed by atoms with Crippen LogP contribution in [-0.2, 0) is 0 Å². The van der Waals surface area contributed by atoms with Crippen molar-refractivity contribution in [1.29, 1.82) is 5.41 Å². The first-order valence-electron chi connectivity index (χ1n) is 9.19. The van der Waals surface area contributed by atoms with Crippen molar-refractivity contribution in [2.75, 3.05) is 13.1 Å². The molecule has 0 spiro atoms. The van der Waals surface area contributed by atoms with Crippen molar-refractivity contribution in [2.45, 2.75) is 11.3 Å². The first kappa shape index (κ1) is 16.3. The number of nitrogens with one attached hydrogen (secondary N) is 1. The van der Waals surface area contributed by atoms with Gasteiger partial charge in [0.1, 0.15) is 5.84 Å². The van der Waals surface area contributed by atoms with Crippen LogP contribution in [0.15, 0.2) is 82.7 Å². The van der Waals surface area contributed by atoms with Gasteiger partial charge in [-0.1, -0.05) is 72.4 Å². The van der Waals surface area contributed by atoms with E-state index >= 15 is 0 Å². The van der Waals surface area contributed by atoms with Gasteiger partial charge in [0.25, 0.3) is 0 Å². The standard InChI is InChI=1S/C23H19N3S/c24-23-26-14-6-13-25-22(26)20-12-11-17(15-21(20)27-23)19-10-5-4-9-18(19)16-7-2-1-3-8-16/h1-5,7-12,15,24H,6,13-14H2. The lowest BCUT2D eigenvalue weighted by atomic mass is 9.94. The van der Waals surface area contributed by atoms with E-state index in [9.17, 15) is 0 Å². The maximum Gasteiger partial charge on any atom is 0.166 e. The van der Waals surface area contributed by atoms with Crippen LogP contribution in [0.5, 0.6) is 0 Å². The minimum absolute atomic E-state index is 0.578. The van der Waals surface area contributed by atoms with Gasteiger partial charge in [-0.15, -0.1) is 0 Å². The predicted molar refractivity (Wildman–Crippen MR) is 114 cm³/mol. The van der Waals surface area contributed by atoms with E-state index in [1.165, 1.54) is 34.0 Å². The number of thioether (sulfide) groups is 1. The average Bonchev–Trinajstić information content (AvgIpc) is 2.74. The summed E-state index contributed by atoms with van der Waals surface area (Å²) in [5.74, 6) is 0.961. The summed E-state index contributed by atoms with van der Waals surface area (Å²) in [5, 5.41) is 8.98. The Morgan fingerprint density at radius 2 is 1.56 bits per heavy atom. The second-order valence-corrected chi connectivity index (χ2v) is 7.77. The summed E-state index contributed by atoms with van der Waals surface area (Å²) >= 11 is 1.54. The Kier molecular flexibility index (Phi) is 4.06. The molecule has 5 rings (SSSR count). The minimum atomic E-state index is 0.578. The lowest BCUT2D eigenvalue weighted by Gasteiger charge is -2.34. The number of nitrogens with zero attached hydrogens (tertiary/aromatic N) is 2. The van der Waals surface area contributed by atoms with Gasteiger partial charge in [-0.3, -0.25) is 10.4 Å². The van der Waals surface area contributed by atoms with Gasteiger partial charge < -0.3 is 4.90 Å². The monoisotopic (exact) mass is 369 g/mol. The molecule has 0 aliphatic carbocycles. The number of rotatable bonds is 2. The van der Waals surface area contributed by atoms with Gasteiger partial charge in [0.15, 0.2) is 5.17 Å².